The Labute approximate surface area is 129 Å². The van der Waals surface area contributed by atoms with Crippen LogP contribution >= 0.6 is 11.6 Å². The molecule has 0 bridgehead atoms. The monoisotopic (exact) mass is 313 g/mol. The fourth-order valence-corrected chi connectivity index (χ4v) is 2.22. The molecule has 1 aliphatic rings. The number of ether oxygens (including phenoxy) is 2. The maximum absolute atomic E-state index is 11.4. The van der Waals surface area contributed by atoms with Crippen molar-refractivity contribution >= 4 is 17.6 Å². The van der Waals surface area contributed by atoms with Gasteiger partial charge in [0.15, 0.2) is 11.5 Å². The molecule has 5 nitrogen and oxygen atoms in total. The zero-order valence-electron chi connectivity index (χ0n) is 12.6. The van der Waals surface area contributed by atoms with Crippen molar-refractivity contribution in [3.63, 3.8) is 0 Å². The summed E-state index contributed by atoms with van der Waals surface area (Å²) in [7, 11) is 0. The largest absolute Gasteiger partial charge is 0.481 e. The van der Waals surface area contributed by atoms with Crippen molar-refractivity contribution < 1.29 is 19.4 Å². The number of halogens is 1. The predicted molar refractivity (Wildman–Crippen MR) is 79.9 cm³/mol. The van der Waals surface area contributed by atoms with E-state index in [9.17, 15) is 9.90 Å². The molecule has 0 saturated heterocycles. The molecule has 0 spiro atoms. The van der Waals surface area contributed by atoms with Gasteiger partial charge in [-0.3, -0.25) is 4.79 Å². The van der Waals surface area contributed by atoms with E-state index in [4.69, 9.17) is 21.1 Å². The van der Waals surface area contributed by atoms with Gasteiger partial charge in [0.25, 0.3) is 0 Å². The van der Waals surface area contributed by atoms with Gasteiger partial charge in [-0.25, -0.2) is 0 Å². The molecule has 0 fully saturated rings. The Balaban J connectivity index is 2.13. The first-order chi connectivity index (χ1) is 9.65. The standard InChI is InChI=1S/C15H20ClNO4/c1-14(2,13(18)19)15(3,4)17-7-9-5-10(16)12-11(6-9)20-8-21-12/h5-6,17H,7-8H2,1-4H3,(H,18,19). The summed E-state index contributed by atoms with van der Waals surface area (Å²) in [6.07, 6.45) is 0. The summed E-state index contributed by atoms with van der Waals surface area (Å²) in [5, 5.41) is 13.1. The summed E-state index contributed by atoms with van der Waals surface area (Å²) in [4.78, 5) is 11.4. The van der Waals surface area contributed by atoms with E-state index in [2.05, 4.69) is 5.32 Å². The van der Waals surface area contributed by atoms with Gasteiger partial charge in [0.1, 0.15) is 0 Å². The molecule has 0 unspecified atom stereocenters. The lowest BCUT2D eigenvalue weighted by molar-refractivity contribution is -0.151. The lowest BCUT2D eigenvalue weighted by Gasteiger charge is -2.39. The van der Waals surface area contributed by atoms with Crippen molar-refractivity contribution in [1.29, 1.82) is 0 Å². The average Bonchev–Trinajstić information content (AvgIpc) is 2.85. The highest BCUT2D eigenvalue weighted by Crippen LogP contribution is 2.40. The lowest BCUT2D eigenvalue weighted by atomic mass is 9.74. The summed E-state index contributed by atoms with van der Waals surface area (Å²) in [5.41, 5.74) is -0.590. The Hall–Kier alpha value is -1.46. The number of carboxylic acids is 1. The molecular formula is C15H20ClNO4. The normalized spacial score (nSPS) is 14.3. The number of hydrogen-bond donors (Lipinski definition) is 2. The maximum atomic E-state index is 11.4. The van der Waals surface area contributed by atoms with E-state index in [0.29, 0.717) is 23.1 Å². The Morgan fingerprint density at radius 2 is 2.00 bits per heavy atom. The Kier molecular flexibility index (Phi) is 4.08. The van der Waals surface area contributed by atoms with E-state index in [-0.39, 0.29) is 6.79 Å². The van der Waals surface area contributed by atoms with Crippen LogP contribution in [0.2, 0.25) is 5.02 Å². The van der Waals surface area contributed by atoms with E-state index in [1.807, 2.05) is 19.9 Å². The lowest BCUT2D eigenvalue weighted by Crippen LogP contribution is -2.54. The molecule has 2 rings (SSSR count). The van der Waals surface area contributed by atoms with Crippen molar-refractivity contribution in [3.05, 3.63) is 22.7 Å². The van der Waals surface area contributed by atoms with Crippen LogP contribution in [-0.2, 0) is 11.3 Å². The Bertz CT molecular complexity index is 569. The van der Waals surface area contributed by atoms with Crippen molar-refractivity contribution in [2.24, 2.45) is 5.41 Å². The molecule has 1 heterocycles. The molecule has 6 heteroatoms. The first-order valence-corrected chi connectivity index (χ1v) is 7.09. The van der Waals surface area contributed by atoms with Gasteiger partial charge in [0.2, 0.25) is 6.79 Å². The second kappa shape index (κ2) is 5.39. The summed E-state index contributed by atoms with van der Waals surface area (Å²) < 4.78 is 10.6. The highest BCUT2D eigenvalue weighted by molar-refractivity contribution is 6.32. The van der Waals surface area contributed by atoms with Gasteiger partial charge in [0, 0.05) is 12.1 Å². The summed E-state index contributed by atoms with van der Waals surface area (Å²) in [6, 6.07) is 3.65. The molecule has 21 heavy (non-hydrogen) atoms. The molecule has 0 atom stereocenters. The van der Waals surface area contributed by atoms with Gasteiger partial charge in [-0.1, -0.05) is 11.6 Å². The number of carboxylic acid groups (broad SMARTS) is 1. The van der Waals surface area contributed by atoms with E-state index < -0.39 is 16.9 Å². The molecule has 0 amide bonds. The highest BCUT2D eigenvalue weighted by atomic mass is 35.5. The van der Waals surface area contributed by atoms with Crippen LogP contribution in [0.5, 0.6) is 11.5 Å². The zero-order chi connectivity index (χ0) is 15.8. The smallest absolute Gasteiger partial charge is 0.310 e. The molecule has 0 saturated carbocycles. The highest BCUT2D eigenvalue weighted by Gasteiger charge is 2.43. The van der Waals surface area contributed by atoms with Crippen molar-refractivity contribution in [1.82, 2.24) is 5.32 Å². The maximum Gasteiger partial charge on any atom is 0.310 e. The number of nitrogens with one attached hydrogen (secondary N) is 1. The van der Waals surface area contributed by atoms with E-state index in [0.717, 1.165) is 5.56 Å². The third kappa shape index (κ3) is 2.94. The number of aliphatic carboxylic acids is 1. The molecular weight excluding hydrogens is 294 g/mol. The van der Waals surface area contributed by atoms with Gasteiger partial charge in [-0.15, -0.1) is 0 Å². The zero-order valence-corrected chi connectivity index (χ0v) is 13.4. The number of benzene rings is 1. The van der Waals surface area contributed by atoms with Crippen LogP contribution < -0.4 is 14.8 Å². The number of fused-ring (bicyclic) bond motifs is 1. The molecule has 0 aliphatic carbocycles. The third-order valence-electron chi connectivity index (χ3n) is 4.32. The summed E-state index contributed by atoms with van der Waals surface area (Å²) in [5.74, 6) is 0.337. The molecule has 2 N–H and O–H groups in total. The summed E-state index contributed by atoms with van der Waals surface area (Å²) >= 11 is 6.14. The van der Waals surface area contributed by atoms with E-state index >= 15 is 0 Å². The van der Waals surface area contributed by atoms with Gasteiger partial charge >= 0.3 is 5.97 Å². The molecule has 0 radical (unpaired) electrons. The van der Waals surface area contributed by atoms with Crippen LogP contribution in [0, 0.1) is 5.41 Å². The van der Waals surface area contributed by atoms with Crippen LogP contribution in [-0.4, -0.2) is 23.4 Å². The van der Waals surface area contributed by atoms with Gasteiger partial charge in [-0.05, 0) is 45.4 Å². The Morgan fingerprint density at radius 3 is 2.62 bits per heavy atom. The molecule has 1 aromatic carbocycles. The van der Waals surface area contributed by atoms with Crippen LogP contribution in [0.3, 0.4) is 0 Å². The molecule has 1 aromatic rings. The first-order valence-electron chi connectivity index (χ1n) is 6.71. The fraction of sp³-hybridized carbons (Fsp3) is 0.533. The van der Waals surface area contributed by atoms with Crippen LogP contribution in [0.1, 0.15) is 33.3 Å². The topological polar surface area (TPSA) is 67.8 Å². The van der Waals surface area contributed by atoms with Crippen LogP contribution in [0.25, 0.3) is 0 Å². The first kappa shape index (κ1) is 15.9. The number of carbonyl (C=O) groups is 1. The van der Waals surface area contributed by atoms with E-state index in [1.54, 1.807) is 19.9 Å². The third-order valence-corrected chi connectivity index (χ3v) is 4.60. The van der Waals surface area contributed by atoms with Crippen LogP contribution in [0.4, 0.5) is 0 Å². The predicted octanol–water partition coefficient (Wildman–Crippen LogP) is 3.05. The van der Waals surface area contributed by atoms with Crippen molar-refractivity contribution in [3.8, 4) is 11.5 Å². The summed E-state index contributed by atoms with van der Waals surface area (Å²) in [6.45, 7) is 7.80. The van der Waals surface area contributed by atoms with Crippen LogP contribution in [0.15, 0.2) is 12.1 Å². The van der Waals surface area contributed by atoms with Crippen molar-refractivity contribution in [2.75, 3.05) is 6.79 Å². The number of hydrogen-bond acceptors (Lipinski definition) is 4. The molecule has 0 aromatic heterocycles. The van der Waals surface area contributed by atoms with Gasteiger partial charge in [0.05, 0.1) is 10.4 Å². The minimum atomic E-state index is -0.910. The van der Waals surface area contributed by atoms with Gasteiger partial charge < -0.3 is 19.9 Å². The van der Waals surface area contributed by atoms with Gasteiger partial charge in [-0.2, -0.15) is 0 Å². The Morgan fingerprint density at radius 1 is 1.33 bits per heavy atom. The minimum Gasteiger partial charge on any atom is -0.481 e. The second-order valence-corrected chi connectivity index (χ2v) is 6.63. The van der Waals surface area contributed by atoms with E-state index in [1.165, 1.54) is 0 Å². The molecule has 116 valence electrons. The fourth-order valence-electron chi connectivity index (χ4n) is 1.93. The second-order valence-electron chi connectivity index (χ2n) is 6.22. The average molecular weight is 314 g/mol. The minimum absolute atomic E-state index is 0.170. The quantitative estimate of drug-likeness (QED) is 0.874. The van der Waals surface area contributed by atoms with Crippen molar-refractivity contribution in [2.45, 2.75) is 39.8 Å². The SMILES string of the molecule is CC(C)(NCc1cc(Cl)c2c(c1)OCO2)C(C)(C)C(=O)O. The molecule has 1 aliphatic heterocycles. The number of rotatable bonds is 5.